The molecule has 1 aromatic carbocycles. The summed E-state index contributed by atoms with van der Waals surface area (Å²) in [6.07, 6.45) is 0. The second-order valence-electron chi connectivity index (χ2n) is 3.41. The van der Waals surface area contributed by atoms with E-state index >= 15 is 0 Å². The molecule has 16 heavy (non-hydrogen) atoms. The fourth-order valence-corrected chi connectivity index (χ4v) is 1.56. The molecule has 88 valence electrons. The quantitative estimate of drug-likeness (QED) is 0.894. The van der Waals surface area contributed by atoms with Crippen LogP contribution in [0.3, 0.4) is 0 Å². The summed E-state index contributed by atoms with van der Waals surface area (Å²) < 4.78 is 13.5. The standard InChI is InChI=1S/C11H14BrFN2O/c1-3-14-6-11(16)15-10-5-8(12)9(13)4-7(10)2/h4-5,14H,3,6H2,1-2H3,(H,15,16). The topological polar surface area (TPSA) is 41.1 Å². The van der Waals surface area contributed by atoms with Gasteiger partial charge in [-0.15, -0.1) is 0 Å². The van der Waals surface area contributed by atoms with Crippen LogP contribution in [0.15, 0.2) is 16.6 Å². The van der Waals surface area contributed by atoms with Gasteiger partial charge in [0.15, 0.2) is 0 Å². The van der Waals surface area contributed by atoms with Crippen LogP contribution in [0.1, 0.15) is 12.5 Å². The molecule has 0 aliphatic heterocycles. The van der Waals surface area contributed by atoms with Gasteiger partial charge in [-0.3, -0.25) is 4.79 Å². The van der Waals surface area contributed by atoms with Crippen LogP contribution >= 0.6 is 15.9 Å². The van der Waals surface area contributed by atoms with Crippen molar-refractivity contribution in [3.05, 3.63) is 28.0 Å². The molecule has 0 heterocycles. The third kappa shape index (κ3) is 3.57. The molecule has 0 bridgehead atoms. The van der Waals surface area contributed by atoms with Gasteiger partial charge in [-0.25, -0.2) is 4.39 Å². The third-order valence-electron chi connectivity index (χ3n) is 2.08. The Kier molecular flexibility index (Phi) is 4.89. The highest BCUT2D eigenvalue weighted by molar-refractivity contribution is 9.10. The summed E-state index contributed by atoms with van der Waals surface area (Å²) in [7, 11) is 0. The molecule has 0 saturated carbocycles. The highest BCUT2D eigenvalue weighted by Crippen LogP contribution is 2.23. The smallest absolute Gasteiger partial charge is 0.238 e. The van der Waals surface area contributed by atoms with Crippen LogP contribution < -0.4 is 10.6 Å². The Labute approximate surface area is 103 Å². The van der Waals surface area contributed by atoms with E-state index in [-0.39, 0.29) is 18.3 Å². The van der Waals surface area contributed by atoms with E-state index in [1.165, 1.54) is 6.07 Å². The summed E-state index contributed by atoms with van der Waals surface area (Å²) in [6.45, 7) is 4.66. The van der Waals surface area contributed by atoms with E-state index in [2.05, 4.69) is 26.6 Å². The second kappa shape index (κ2) is 5.96. The van der Waals surface area contributed by atoms with Gasteiger partial charge in [0, 0.05) is 5.69 Å². The van der Waals surface area contributed by atoms with Crippen LogP contribution in [0.2, 0.25) is 0 Å². The molecule has 1 amide bonds. The number of likely N-dealkylation sites (N-methyl/N-ethyl adjacent to an activating group) is 1. The second-order valence-corrected chi connectivity index (χ2v) is 4.26. The average Bonchev–Trinajstić information content (AvgIpc) is 2.23. The molecule has 5 heteroatoms. The Morgan fingerprint density at radius 3 is 2.81 bits per heavy atom. The minimum atomic E-state index is -0.331. The number of amides is 1. The number of rotatable bonds is 4. The van der Waals surface area contributed by atoms with Crippen LogP contribution in [0, 0.1) is 12.7 Å². The number of carbonyl (C=O) groups is 1. The lowest BCUT2D eigenvalue weighted by atomic mass is 10.2. The molecule has 0 fully saturated rings. The maximum atomic E-state index is 13.1. The van der Waals surface area contributed by atoms with E-state index in [1.54, 1.807) is 13.0 Å². The predicted molar refractivity (Wildman–Crippen MR) is 66.0 cm³/mol. The summed E-state index contributed by atoms with van der Waals surface area (Å²) in [5.74, 6) is -0.467. The molecule has 3 nitrogen and oxygen atoms in total. The molecule has 0 aliphatic rings. The zero-order valence-corrected chi connectivity index (χ0v) is 10.8. The fourth-order valence-electron chi connectivity index (χ4n) is 1.21. The first-order chi connectivity index (χ1) is 7.54. The monoisotopic (exact) mass is 288 g/mol. The molecule has 1 aromatic rings. The van der Waals surface area contributed by atoms with Crippen molar-refractivity contribution in [2.75, 3.05) is 18.4 Å². The zero-order chi connectivity index (χ0) is 12.1. The molecular weight excluding hydrogens is 275 g/mol. The number of aryl methyl sites for hydroxylation is 1. The van der Waals surface area contributed by atoms with Gasteiger partial charge in [0.25, 0.3) is 0 Å². The van der Waals surface area contributed by atoms with Crippen molar-refractivity contribution >= 4 is 27.5 Å². The minimum Gasteiger partial charge on any atom is -0.325 e. The highest BCUT2D eigenvalue weighted by Gasteiger charge is 2.07. The lowest BCUT2D eigenvalue weighted by molar-refractivity contribution is -0.115. The molecule has 0 atom stereocenters. The molecule has 0 aromatic heterocycles. The Hall–Kier alpha value is -0.940. The van der Waals surface area contributed by atoms with E-state index in [9.17, 15) is 9.18 Å². The third-order valence-corrected chi connectivity index (χ3v) is 2.68. The van der Waals surface area contributed by atoms with E-state index in [0.29, 0.717) is 15.7 Å². The average molecular weight is 289 g/mol. The van der Waals surface area contributed by atoms with Crippen molar-refractivity contribution in [3.63, 3.8) is 0 Å². The molecule has 0 radical (unpaired) electrons. The number of carbonyl (C=O) groups excluding carboxylic acids is 1. The van der Waals surface area contributed by atoms with Gasteiger partial charge in [-0.1, -0.05) is 6.92 Å². The SMILES string of the molecule is CCNCC(=O)Nc1cc(Br)c(F)cc1C. The van der Waals surface area contributed by atoms with E-state index < -0.39 is 0 Å². The first-order valence-electron chi connectivity index (χ1n) is 5.00. The van der Waals surface area contributed by atoms with Crippen LogP contribution in [0.25, 0.3) is 0 Å². The number of anilines is 1. The molecule has 0 saturated heterocycles. The number of hydrogen-bond donors (Lipinski definition) is 2. The normalized spacial score (nSPS) is 10.2. The number of halogens is 2. The minimum absolute atomic E-state index is 0.136. The molecule has 0 aliphatic carbocycles. The highest BCUT2D eigenvalue weighted by atomic mass is 79.9. The lowest BCUT2D eigenvalue weighted by Gasteiger charge is -2.09. The van der Waals surface area contributed by atoms with Crippen molar-refractivity contribution in [1.82, 2.24) is 5.32 Å². The van der Waals surface area contributed by atoms with Crippen LogP contribution in [-0.2, 0) is 4.79 Å². The Morgan fingerprint density at radius 2 is 2.19 bits per heavy atom. The largest absolute Gasteiger partial charge is 0.325 e. The summed E-state index contributed by atoms with van der Waals surface area (Å²) in [6, 6.07) is 2.95. The van der Waals surface area contributed by atoms with E-state index in [0.717, 1.165) is 6.54 Å². The van der Waals surface area contributed by atoms with Crippen molar-refractivity contribution in [2.45, 2.75) is 13.8 Å². The summed E-state index contributed by atoms with van der Waals surface area (Å²) in [4.78, 5) is 11.4. The van der Waals surface area contributed by atoms with Gasteiger partial charge in [0.2, 0.25) is 5.91 Å². The number of hydrogen-bond acceptors (Lipinski definition) is 2. The maximum Gasteiger partial charge on any atom is 0.238 e. The van der Waals surface area contributed by atoms with Gasteiger partial charge < -0.3 is 10.6 Å². The molecular formula is C11H14BrFN2O. The zero-order valence-electron chi connectivity index (χ0n) is 9.23. The molecule has 0 unspecified atom stereocenters. The summed E-state index contributed by atoms with van der Waals surface area (Å²) in [5, 5.41) is 5.63. The van der Waals surface area contributed by atoms with Gasteiger partial charge >= 0.3 is 0 Å². The van der Waals surface area contributed by atoms with Crippen molar-refractivity contribution < 1.29 is 9.18 Å². The molecule has 2 N–H and O–H groups in total. The molecule has 1 rings (SSSR count). The van der Waals surface area contributed by atoms with Gasteiger partial charge in [-0.05, 0) is 47.1 Å². The number of nitrogens with one attached hydrogen (secondary N) is 2. The Morgan fingerprint density at radius 1 is 1.50 bits per heavy atom. The van der Waals surface area contributed by atoms with E-state index in [1.807, 2.05) is 6.92 Å². The van der Waals surface area contributed by atoms with Gasteiger partial charge in [-0.2, -0.15) is 0 Å². The maximum absolute atomic E-state index is 13.1. The fraction of sp³-hybridized carbons (Fsp3) is 0.364. The first-order valence-corrected chi connectivity index (χ1v) is 5.80. The van der Waals surface area contributed by atoms with Crippen LogP contribution in [0.5, 0.6) is 0 Å². The van der Waals surface area contributed by atoms with Crippen LogP contribution in [0.4, 0.5) is 10.1 Å². The number of benzene rings is 1. The van der Waals surface area contributed by atoms with Crippen molar-refractivity contribution in [1.29, 1.82) is 0 Å². The van der Waals surface area contributed by atoms with Gasteiger partial charge in [0.05, 0.1) is 11.0 Å². The van der Waals surface area contributed by atoms with Crippen LogP contribution in [-0.4, -0.2) is 19.0 Å². The van der Waals surface area contributed by atoms with Crippen molar-refractivity contribution in [3.8, 4) is 0 Å². The predicted octanol–water partition coefficient (Wildman–Crippen LogP) is 2.44. The lowest BCUT2D eigenvalue weighted by Crippen LogP contribution is -2.28. The van der Waals surface area contributed by atoms with Gasteiger partial charge in [0.1, 0.15) is 5.82 Å². The van der Waals surface area contributed by atoms with E-state index in [4.69, 9.17) is 0 Å². The first kappa shape index (κ1) is 13.1. The Balaban J connectivity index is 2.73. The molecule has 0 spiro atoms. The summed E-state index contributed by atoms with van der Waals surface area (Å²) >= 11 is 3.08. The van der Waals surface area contributed by atoms with Crippen molar-refractivity contribution in [2.24, 2.45) is 0 Å². The summed E-state index contributed by atoms with van der Waals surface area (Å²) in [5.41, 5.74) is 1.32. The Bertz CT molecular complexity index is 396.